The highest BCUT2D eigenvalue weighted by Gasteiger charge is 2.18. The van der Waals surface area contributed by atoms with E-state index in [9.17, 15) is 9.59 Å². The molecule has 0 fully saturated rings. The smallest absolute Gasteiger partial charge is 0.251 e. The quantitative estimate of drug-likeness (QED) is 0.772. The number of amides is 2. The maximum absolute atomic E-state index is 12.2. The van der Waals surface area contributed by atoms with Crippen molar-refractivity contribution in [1.29, 1.82) is 0 Å². The molecule has 2 rings (SSSR count). The van der Waals surface area contributed by atoms with Crippen molar-refractivity contribution in [3.63, 3.8) is 0 Å². The van der Waals surface area contributed by atoms with Crippen molar-refractivity contribution in [3.05, 3.63) is 64.1 Å². The van der Waals surface area contributed by atoms with Gasteiger partial charge in [0, 0.05) is 28.7 Å². The summed E-state index contributed by atoms with van der Waals surface area (Å²) in [4.78, 5) is 24.2. The predicted octanol–water partition coefficient (Wildman–Crippen LogP) is 4.51. The van der Waals surface area contributed by atoms with Gasteiger partial charge in [-0.2, -0.15) is 0 Å². The van der Waals surface area contributed by atoms with E-state index < -0.39 is 0 Å². The van der Waals surface area contributed by atoms with E-state index in [-0.39, 0.29) is 23.7 Å². The summed E-state index contributed by atoms with van der Waals surface area (Å²) in [7, 11) is 0. The lowest BCUT2D eigenvalue weighted by Gasteiger charge is -2.23. The Kier molecular flexibility index (Phi) is 6.37. The van der Waals surface area contributed by atoms with Crippen LogP contribution in [0.5, 0.6) is 0 Å². The minimum Gasteiger partial charge on any atom is -0.352 e. The van der Waals surface area contributed by atoms with E-state index in [1.54, 1.807) is 12.1 Å². The molecule has 2 aromatic rings. The van der Waals surface area contributed by atoms with Crippen molar-refractivity contribution >= 4 is 33.4 Å². The lowest BCUT2D eigenvalue weighted by Crippen LogP contribution is -2.28. The van der Waals surface area contributed by atoms with Gasteiger partial charge >= 0.3 is 0 Å². The van der Waals surface area contributed by atoms with Crippen LogP contribution in [0.3, 0.4) is 0 Å². The molecule has 0 saturated carbocycles. The van der Waals surface area contributed by atoms with Crippen LogP contribution in [0.4, 0.5) is 5.69 Å². The molecule has 0 bridgehead atoms. The van der Waals surface area contributed by atoms with E-state index in [1.165, 1.54) is 0 Å². The molecule has 5 heteroatoms. The van der Waals surface area contributed by atoms with Gasteiger partial charge in [-0.05, 0) is 41.3 Å². The van der Waals surface area contributed by atoms with Gasteiger partial charge in [0.1, 0.15) is 0 Å². The fourth-order valence-corrected chi connectivity index (χ4v) is 2.72. The number of hydrogen-bond acceptors (Lipinski definition) is 2. The number of benzene rings is 2. The maximum Gasteiger partial charge on any atom is 0.251 e. The highest BCUT2D eigenvalue weighted by molar-refractivity contribution is 9.10. The molecule has 132 valence electrons. The summed E-state index contributed by atoms with van der Waals surface area (Å²) in [6.45, 7) is 6.61. The second kappa shape index (κ2) is 8.30. The van der Waals surface area contributed by atoms with E-state index in [0.717, 1.165) is 15.7 Å². The molecule has 2 aromatic carbocycles. The second-order valence-corrected chi connectivity index (χ2v) is 7.77. The second-order valence-electron chi connectivity index (χ2n) is 6.86. The van der Waals surface area contributed by atoms with Gasteiger partial charge in [-0.3, -0.25) is 9.59 Å². The Morgan fingerprint density at radius 1 is 1.00 bits per heavy atom. The van der Waals surface area contributed by atoms with Crippen molar-refractivity contribution in [3.8, 4) is 0 Å². The van der Waals surface area contributed by atoms with Gasteiger partial charge in [0.15, 0.2) is 0 Å². The minimum absolute atomic E-state index is 0.0559. The molecule has 4 nitrogen and oxygen atoms in total. The molecular weight excluding hydrogens is 380 g/mol. The monoisotopic (exact) mass is 402 g/mol. The summed E-state index contributed by atoms with van der Waals surface area (Å²) in [5, 5.41) is 5.71. The largest absolute Gasteiger partial charge is 0.352 e. The van der Waals surface area contributed by atoms with Gasteiger partial charge in [-0.25, -0.2) is 0 Å². The highest BCUT2D eigenvalue weighted by Crippen LogP contribution is 2.29. The van der Waals surface area contributed by atoms with Crippen LogP contribution in [0.15, 0.2) is 53.0 Å². The van der Waals surface area contributed by atoms with Crippen molar-refractivity contribution in [2.75, 3.05) is 11.9 Å². The predicted molar refractivity (Wildman–Crippen MR) is 105 cm³/mol. The lowest BCUT2D eigenvalue weighted by molar-refractivity contribution is -0.116. The summed E-state index contributed by atoms with van der Waals surface area (Å²) in [5.41, 5.74) is 2.42. The Labute approximate surface area is 157 Å². The van der Waals surface area contributed by atoms with E-state index >= 15 is 0 Å². The molecule has 0 saturated heterocycles. The van der Waals surface area contributed by atoms with Crippen LogP contribution in [0.1, 0.15) is 43.1 Å². The van der Waals surface area contributed by atoms with Crippen LogP contribution in [0.2, 0.25) is 0 Å². The topological polar surface area (TPSA) is 58.2 Å². The average molecular weight is 403 g/mol. The number of halogens is 1. The summed E-state index contributed by atoms with van der Waals surface area (Å²) < 4.78 is 0.918. The molecular formula is C20H23BrN2O2. The van der Waals surface area contributed by atoms with Crippen LogP contribution in [0.25, 0.3) is 0 Å². The average Bonchev–Trinajstić information content (AvgIpc) is 2.55. The Morgan fingerprint density at radius 3 is 2.28 bits per heavy atom. The Hall–Kier alpha value is -2.14. The summed E-state index contributed by atoms with van der Waals surface area (Å²) in [6.07, 6.45) is 0.223. The molecule has 0 aliphatic rings. The van der Waals surface area contributed by atoms with E-state index in [2.05, 4.69) is 47.3 Å². The summed E-state index contributed by atoms with van der Waals surface area (Å²) in [6, 6.07) is 14.9. The van der Waals surface area contributed by atoms with E-state index in [0.29, 0.717) is 12.1 Å². The molecule has 0 atom stereocenters. The van der Waals surface area contributed by atoms with Crippen LogP contribution in [-0.2, 0) is 10.2 Å². The molecule has 2 amide bonds. The minimum atomic E-state index is -0.185. The number of carbonyl (C=O) groups is 2. The molecule has 0 unspecified atom stereocenters. The standard InChI is InChI=1S/C20H23BrN2O2/c1-20(2,3)16-6-4-5-7-17(16)23-18(24)12-13-22-19(25)14-8-10-15(21)11-9-14/h4-11H,12-13H2,1-3H3,(H,22,25)(H,23,24). The van der Waals surface area contributed by atoms with E-state index in [1.807, 2.05) is 36.4 Å². The van der Waals surface area contributed by atoms with Gasteiger partial charge in [0.2, 0.25) is 5.91 Å². The van der Waals surface area contributed by atoms with Crippen molar-refractivity contribution in [2.45, 2.75) is 32.6 Å². The SMILES string of the molecule is CC(C)(C)c1ccccc1NC(=O)CCNC(=O)c1ccc(Br)cc1. The summed E-state index contributed by atoms with van der Waals surface area (Å²) in [5.74, 6) is -0.303. The number of hydrogen-bond donors (Lipinski definition) is 2. The highest BCUT2D eigenvalue weighted by atomic mass is 79.9. The van der Waals surface area contributed by atoms with Crippen LogP contribution in [0, 0.1) is 0 Å². The molecule has 2 N–H and O–H groups in total. The van der Waals surface area contributed by atoms with Gasteiger partial charge in [0.05, 0.1) is 0 Å². The number of carbonyl (C=O) groups excluding carboxylic acids is 2. The first kappa shape index (κ1) is 19.2. The maximum atomic E-state index is 12.2. The zero-order valence-electron chi connectivity index (χ0n) is 14.7. The third kappa shape index (κ3) is 5.71. The molecule has 0 heterocycles. The molecule has 25 heavy (non-hydrogen) atoms. The first-order valence-electron chi connectivity index (χ1n) is 8.20. The first-order valence-corrected chi connectivity index (χ1v) is 9.00. The van der Waals surface area contributed by atoms with Gasteiger partial charge in [0.25, 0.3) is 5.91 Å². The normalized spacial score (nSPS) is 11.0. The Balaban J connectivity index is 1.87. The van der Waals surface area contributed by atoms with Gasteiger partial charge < -0.3 is 10.6 Å². The Morgan fingerprint density at radius 2 is 1.64 bits per heavy atom. The fraction of sp³-hybridized carbons (Fsp3) is 0.300. The number of nitrogens with one attached hydrogen (secondary N) is 2. The molecule has 0 radical (unpaired) electrons. The summed E-state index contributed by atoms with van der Waals surface area (Å²) >= 11 is 3.33. The lowest BCUT2D eigenvalue weighted by atomic mass is 9.86. The number of para-hydroxylation sites is 1. The number of rotatable bonds is 5. The molecule has 0 aliphatic heterocycles. The van der Waals surface area contributed by atoms with Crippen LogP contribution >= 0.6 is 15.9 Å². The molecule has 0 aliphatic carbocycles. The van der Waals surface area contributed by atoms with Crippen molar-refractivity contribution in [2.24, 2.45) is 0 Å². The molecule has 0 spiro atoms. The third-order valence-corrected chi connectivity index (χ3v) is 4.28. The fourth-order valence-electron chi connectivity index (χ4n) is 2.45. The van der Waals surface area contributed by atoms with Gasteiger partial charge in [-0.1, -0.05) is 54.9 Å². The molecule has 0 aromatic heterocycles. The van der Waals surface area contributed by atoms with E-state index in [4.69, 9.17) is 0 Å². The van der Waals surface area contributed by atoms with Crippen LogP contribution in [-0.4, -0.2) is 18.4 Å². The zero-order chi connectivity index (χ0) is 18.4. The Bertz CT molecular complexity index is 749. The third-order valence-electron chi connectivity index (χ3n) is 3.75. The van der Waals surface area contributed by atoms with Gasteiger partial charge in [-0.15, -0.1) is 0 Å². The van der Waals surface area contributed by atoms with Crippen molar-refractivity contribution in [1.82, 2.24) is 5.32 Å². The number of anilines is 1. The van der Waals surface area contributed by atoms with Crippen molar-refractivity contribution < 1.29 is 9.59 Å². The first-order chi connectivity index (χ1) is 11.8. The van der Waals surface area contributed by atoms with Crippen LogP contribution < -0.4 is 10.6 Å². The zero-order valence-corrected chi connectivity index (χ0v) is 16.3.